The topological polar surface area (TPSA) is 58.2 Å². The van der Waals surface area contributed by atoms with Gasteiger partial charge in [-0.05, 0) is 47.9 Å². The molecular formula is C19H16ClFN2O2S. The normalized spacial score (nSPS) is 21.4. The fourth-order valence-electron chi connectivity index (χ4n) is 3.46. The van der Waals surface area contributed by atoms with Gasteiger partial charge in [0.25, 0.3) is 0 Å². The van der Waals surface area contributed by atoms with Crippen molar-refractivity contribution in [3.05, 3.63) is 58.4 Å². The van der Waals surface area contributed by atoms with Crippen LogP contribution in [0.2, 0.25) is 5.02 Å². The van der Waals surface area contributed by atoms with Crippen LogP contribution < -0.4 is 10.6 Å². The summed E-state index contributed by atoms with van der Waals surface area (Å²) in [5.41, 5.74) is 2.01. The lowest BCUT2D eigenvalue weighted by molar-refractivity contribution is -0.127. The summed E-state index contributed by atoms with van der Waals surface area (Å²) >= 11 is 7.86. The first kappa shape index (κ1) is 17.4. The molecule has 4 nitrogen and oxygen atoms in total. The van der Waals surface area contributed by atoms with Crippen molar-refractivity contribution in [1.29, 1.82) is 0 Å². The van der Waals surface area contributed by atoms with Crippen LogP contribution in [0.1, 0.15) is 35.9 Å². The molecule has 0 bridgehead atoms. The number of carbonyl (C=O) groups excluding carboxylic acids is 2. The minimum absolute atomic E-state index is 0.0499. The second kappa shape index (κ2) is 6.93. The third-order valence-corrected chi connectivity index (χ3v) is 6.06. The second-order valence-electron chi connectivity index (χ2n) is 6.42. The number of hydrogen-bond donors (Lipinski definition) is 2. The Hall–Kier alpha value is -2.05. The highest BCUT2D eigenvalue weighted by atomic mass is 35.5. The summed E-state index contributed by atoms with van der Waals surface area (Å²) in [6, 6.07) is 9.66. The molecule has 2 N–H and O–H groups in total. The molecule has 26 heavy (non-hydrogen) atoms. The van der Waals surface area contributed by atoms with Crippen LogP contribution in [0.4, 0.5) is 10.1 Å². The molecule has 0 aliphatic carbocycles. The molecular weight excluding hydrogens is 375 g/mol. The van der Waals surface area contributed by atoms with E-state index >= 15 is 0 Å². The molecule has 0 saturated carbocycles. The van der Waals surface area contributed by atoms with E-state index in [-0.39, 0.29) is 24.3 Å². The van der Waals surface area contributed by atoms with Crippen molar-refractivity contribution < 1.29 is 14.0 Å². The van der Waals surface area contributed by atoms with E-state index in [0.717, 1.165) is 22.6 Å². The van der Waals surface area contributed by atoms with Gasteiger partial charge in [-0.25, -0.2) is 4.39 Å². The molecule has 2 unspecified atom stereocenters. The summed E-state index contributed by atoms with van der Waals surface area (Å²) in [6.07, 6.45) is 0.841. The summed E-state index contributed by atoms with van der Waals surface area (Å²) < 4.78 is 13.5. The molecule has 2 atom stereocenters. The quantitative estimate of drug-likeness (QED) is 0.805. The zero-order chi connectivity index (χ0) is 18.3. The van der Waals surface area contributed by atoms with Crippen molar-refractivity contribution in [3.8, 4) is 0 Å². The summed E-state index contributed by atoms with van der Waals surface area (Å²) in [5, 5.41) is 6.32. The van der Waals surface area contributed by atoms with E-state index in [2.05, 4.69) is 10.6 Å². The van der Waals surface area contributed by atoms with Gasteiger partial charge in [0.05, 0.1) is 12.0 Å². The van der Waals surface area contributed by atoms with Crippen LogP contribution in [-0.4, -0.2) is 17.6 Å². The van der Waals surface area contributed by atoms with Crippen LogP contribution in [0.3, 0.4) is 0 Å². The van der Waals surface area contributed by atoms with E-state index in [9.17, 15) is 14.0 Å². The number of nitrogens with one attached hydrogen (secondary N) is 2. The molecule has 2 amide bonds. The number of hydrogen-bond acceptors (Lipinski definition) is 3. The lowest BCUT2D eigenvalue weighted by Gasteiger charge is -2.30. The average molecular weight is 391 g/mol. The van der Waals surface area contributed by atoms with Crippen molar-refractivity contribution in [2.24, 2.45) is 0 Å². The number of amides is 2. The van der Waals surface area contributed by atoms with Crippen LogP contribution in [0.5, 0.6) is 0 Å². The maximum absolute atomic E-state index is 13.5. The van der Waals surface area contributed by atoms with Gasteiger partial charge in [-0.1, -0.05) is 17.7 Å². The monoisotopic (exact) mass is 390 g/mol. The third-order valence-electron chi connectivity index (χ3n) is 4.70. The molecule has 0 saturated heterocycles. The molecule has 0 fully saturated rings. The van der Waals surface area contributed by atoms with Crippen LogP contribution in [0.15, 0.2) is 41.3 Å². The fourth-order valence-corrected chi connectivity index (χ4v) is 4.74. The zero-order valence-electron chi connectivity index (χ0n) is 13.7. The number of rotatable bonds is 2. The number of halogens is 2. The zero-order valence-corrected chi connectivity index (χ0v) is 15.3. The molecule has 0 spiro atoms. The van der Waals surface area contributed by atoms with E-state index in [1.165, 1.54) is 12.1 Å². The molecule has 0 radical (unpaired) electrons. The van der Waals surface area contributed by atoms with Gasteiger partial charge in [-0.15, -0.1) is 11.8 Å². The first-order valence-electron chi connectivity index (χ1n) is 8.33. The SMILES string of the molecule is O=C1CC(C(=O)NC2CCSc3ccc(Cl)cc32)c2ccc(F)cc2N1. The Labute approximate surface area is 159 Å². The molecule has 2 aromatic rings. The van der Waals surface area contributed by atoms with Crippen molar-refractivity contribution in [2.75, 3.05) is 11.1 Å². The Bertz CT molecular complexity index is 905. The van der Waals surface area contributed by atoms with Crippen molar-refractivity contribution >= 4 is 40.9 Å². The number of anilines is 1. The van der Waals surface area contributed by atoms with E-state index in [0.29, 0.717) is 16.3 Å². The highest BCUT2D eigenvalue weighted by molar-refractivity contribution is 7.99. The minimum Gasteiger partial charge on any atom is -0.349 e. The maximum Gasteiger partial charge on any atom is 0.228 e. The predicted octanol–water partition coefficient (Wildman–Crippen LogP) is 4.26. The molecule has 0 aromatic heterocycles. The Kier molecular flexibility index (Phi) is 4.63. The average Bonchev–Trinajstić information content (AvgIpc) is 2.61. The summed E-state index contributed by atoms with van der Waals surface area (Å²) in [6.45, 7) is 0. The van der Waals surface area contributed by atoms with Gasteiger partial charge in [0.2, 0.25) is 11.8 Å². The first-order chi connectivity index (χ1) is 12.5. The van der Waals surface area contributed by atoms with Gasteiger partial charge < -0.3 is 10.6 Å². The van der Waals surface area contributed by atoms with Gasteiger partial charge in [-0.3, -0.25) is 9.59 Å². The van der Waals surface area contributed by atoms with E-state index in [4.69, 9.17) is 11.6 Å². The van der Waals surface area contributed by atoms with Crippen LogP contribution in [-0.2, 0) is 9.59 Å². The van der Waals surface area contributed by atoms with Crippen LogP contribution >= 0.6 is 23.4 Å². The summed E-state index contributed by atoms with van der Waals surface area (Å²) in [5.74, 6) is -0.692. The van der Waals surface area contributed by atoms with Crippen molar-refractivity contribution in [3.63, 3.8) is 0 Å². The molecule has 2 aliphatic rings. The Morgan fingerprint density at radius 3 is 2.92 bits per heavy atom. The fraction of sp³-hybridized carbons (Fsp3) is 0.263. The Balaban J connectivity index is 1.60. The number of fused-ring (bicyclic) bond motifs is 2. The van der Waals surface area contributed by atoms with Gasteiger partial charge in [0.1, 0.15) is 5.82 Å². The van der Waals surface area contributed by atoms with Crippen molar-refractivity contribution in [1.82, 2.24) is 5.32 Å². The van der Waals surface area contributed by atoms with Crippen LogP contribution in [0, 0.1) is 5.82 Å². The smallest absolute Gasteiger partial charge is 0.228 e. The predicted molar refractivity (Wildman–Crippen MR) is 100 cm³/mol. The molecule has 2 aliphatic heterocycles. The Morgan fingerprint density at radius 1 is 1.23 bits per heavy atom. The minimum atomic E-state index is -0.628. The molecule has 2 heterocycles. The van der Waals surface area contributed by atoms with E-state index < -0.39 is 11.7 Å². The number of thioether (sulfide) groups is 1. The second-order valence-corrected chi connectivity index (χ2v) is 7.99. The highest BCUT2D eigenvalue weighted by Crippen LogP contribution is 2.39. The third kappa shape index (κ3) is 3.31. The summed E-state index contributed by atoms with van der Waals surface area (Å²) in [4.78, 5) is 26.0. The summed E-state index contributed by atoms with van der Waals surface area (Å²) in [7, 11) is 0. The molecule has 7 heteroatoms. The van der Waals surface area contributed by atoms with Gasteiger partial charge in [0.15, 0.2) is 0 Å². The number of benzene rings is 2. The standard InChI is InChI=1S/C19H16ClFN2O2S/c20-10-1-4-17-14(7-10)15(5-6-26-17)23-19(25)13-9-18(24)22-16-8-11(21)2-3-12(13)16/h1-4,7-8,13,15H,5-6,9H2,(H,22,24)(H,23,25). The largest absolute Gasteiger partial charge is 0.349 e. The van der Waals surface area contributed by atoms with E-state index in [1.807, 2.05) is 18.2 Å². The lowest BCUT2D eigenvalue weighted by Crippen LogP contribution is -2.38. The molecule has 134 valence electrons. The number of carbonyl (C=O) groups is 2. The van der Waals surface area contributed by atoms with Crippen LogP contribution in [0.25, 0.3) is 0 Å². The Morgan fingerprint density at radius 2 is 2.08 bits per heavy atom. The maximum atomic E-state index is 13.5. The molecule has 4 rings (SSSR count). The molecule has 2 aromatic carbocycles. The van der Waals surface area contributed by atoms with Gasteiger partial charge in [0, 0.05) is 27.8 Å². The highest BCUT2D eigenvalue weighted by Gasteiger charge is 2.33. The van der Waals surface area contributed by atoms with Gasteiger partial charge >= 0.3 is 0 Å². The van der Waals surface area contributed by atoms with E-state index in [1.54, 1.807) is 17.8 Å². The van der Waals surface area contributed by atoms with Gasteiger partial charge in [-0.2, -0.15) is 0 Å². The van der Waals surface area contributed by atoms with Crippen molar-refractivity contribution in [2.45, 2.75) is 29.7 Å². The first-order valence-corrected chi connectivity index (χ1v) is 9.69. The lowest BCUT2D eigenvalue weighted by atomic mass is 9.89.